The minimum absolute atomic E-state index is 0.246. The van der Waals surface area contributed by atoms with E-state index >= 15 is 0 Å². The van der Waals surface area contributed by atoms with Crippen LogP contribution in [0.4, 0.5) is 0 Å². The summed E-state index contributed by atoms with van der Waals surface area (Å²) in [7, 11) is 1.63. The van der Waals surface area contributed by atoms with Gasteiger partial charge in [0.05, 0.1) is 18.8 Å². The predicted molar refractivity (Wildman–Crippen MR) is 64.0 cm³/mol. The number of methoxy groups -OCH3 is 1. The van der Waals surface area contributed by atoms with Crippen LogP contribution >= 0.6 is 0 Å². The molecule has 1 aromatic carbocycles. The first kappa shape index (κ1) is 10.7. The Bertz CT molecular complexity index is 521. The van der Waals surface area contributed by atoms with Crippen molar-refractivity contribution < 1.29 is 9.84 Å². The normalized spacial score (nSPS) is 11.0. The molecule has 2 rings (SSSR count). The summed E-state index contributed by atoms with van der Waals surface area (Å²) in [5, 5.41) is 10.8. The van der Waals surface area contributed by atoms with Crippen molar-refractivity contribution in [1.82, 2.24) is 4.98 Å². The Morgan fingerprint density at radius 2 is 2.06 bits per heavy atom. The number of nitrogens with zero attached hydrogens (tertiary/aromatic N) is 1. The van der Waals surface area contributed by atoms with Crippen LogP contribution in [0.3, 0.4) is 0 Å². The topological polar surface area (TPSA) is 42.4 Å². The third-order valence-corrected chi connectivity index (χ3v) is 2.67. The molecule has 1 aromatic heterocycles. The number of fused-ring (bicyclic) bond motifs is 1. The third kappa shape index (κ3) is 1.69. The van der Waals surface area contributed by atoms with Gasteiger partial charge < -0.3 is 9.84 Å². The first-order valence-corrected chi connectivity index (χ1v) is 5.29. The molecule has 0 saturated carbocycles. The molecule has 0 spiro atoms. The van der Waals surface area contributed by atoms with Gasteiger partial charge in [0.1, 0.15) is 11.5 Å². The molecule has 2 aromatic rings. The smallest absolute Gasteiger partial charge is 0.137 e. The highest BCUT2D eigenvalue weighted by Gasteiger charge is 2.12. The van der Waals surface area contributed by atoms with Crippen molar-refractivity contribution in [3.63, 3.8) is 0 Å². The van der Waals surface area contributed by atoms with Crippen LogP contribution < -0.4 is 4.74 Å². The average molecular weight is 217 g/mol. The molecule has 3 nitrogen and oxygen atoms in total. The molecule has 0 saturated heterocycles. The van der Waals surface area contributed by atoms with Crippen molar-refractivity contribution in [2.24, 2.45) is 0 Å². The van der Waals surface area contributed by atoms with Gasteiger partial charge in [-0.2, -0.15) is 0 Å². The molecule has 0 atom stereocenters. The summed E-state index contributed by atoms with van der Waals surface area (Å²) in [6.07, 6.45) is 1.50. The van der Waals surface area contributed by atoms with Gasteiger partial charge in [0.25, 0.3) is 0 Å². The molecule has 16 heavy (non-hydrogen) atoms. The maximum Gasteiger partial charge on any atom is 0.137 e. The van der Waals surface area contributed by atoms with E-state index < -0.39 is 0 Å². The highest BCUT2D eigenvalue weighted by molar-refractivity contribution is 5.85. The highest BCUT2D eigenvalue weighted by atomic mass is 16.5. The molecular weight excluding hydrogens is 202 g/mol. The summed E-state index contributed by atoms with van der Waals surface area (Å²) in [5.74, 6) is 1.27. The zero-order chi connectivity index (χ0) is 11.7. The van der Waals surface area contributed by atoms with E-state index in [0.717, 1.165) is 22.2 Å². The van der Waals surface area contributed by atoms with Crippen molar-refractivity contribution in [3.05, 3.63) is 30.0 Å². The van der Waals surface area contributed by atoms with Gasteiger partial charge in [-0.05, 0) is 24.1 Å². The second kappa shape index (κ2) is 4.00. The fourth-order valence-electron chi connectivity index (χ4n) is 1.92. The molecular formula is C13H15NO2. The quantitative estimate of drug-likeness (QED) is 0.840. The number of rotatable bonds is 2. The van der Waals surface area contributed by atoms with Gasteiger partial charge in [0.2, 0.25) is 0 Å². The van der Waals surface area contributed by atoms with Gasteiger partial charge in [-0.1, -0.05) is 13.8 Å². The fourth-order valence-corrected chi connectivity index (χ4v) is 1.92. The number of hydrogen-bond acceptors (Lipinski definition) is 3. The largest absolute Gasteiger partial charge is 0.506 e. The van der Waals surface area contributed by atoms with E-state index in [0.29, 0.717) is 0 Å². The lowest BCUT2D eigenvalue weighted by atomic mass is 9.98. The van der Waals surface area contributed by atoms with Crippen LogP contribution in [0.1, 0.15) is 25.3 Å². The lowest BCUT2D eigenvalue weighted by Crippen LogP contribution is -1.93. The minimum atomic E-state index is 0.246. The second-order valence-electron chi connectivity index (χ2n) is 4.09. The lowest BCUT2D eigenvalue weighted by molar-refractivity contribution is 0.415. The second-order valence-corrected chi connectivity index (χ2v) is 4.09. The van der Waals surface area contributed by atoms with Gasteiger partial charge in [-0.3, -0.25) is 4.98 Å². The van der Waals surface area contributed by atoms with Crippen LogP contribution in [0, 0.1) is 0 Å². The van der Waals surface area contributed by atoms with Gasteiger partial charge in [0, 0.05) is 10.9 Å². The summed E-state index contributed by atoms with van der Waals surface area (Å²) in [5.41, 5.74) is 1.80. The number of aromatic hydroxyl groups is 1. The average Bonchev–Trinajstić information content (AvgIpc) is 2.27. The number of hydrogen-bond donors (Lipinski definition) is 1. The first-order chi connectivity index (χ1) is 7.63. The minimum Gasteiger partial charge on any atom is -0.506 e. The Labute approximate surface area is 94.7 Å². The van der Waals surface area contributed by atoms with Crippen molar-refractivity contribution in [2.45, 2.75) is 19.8 Å². The maximum absolute atomic E-state index is 9.84. The molecule has 0 aliphatic rings. The molecule has 0 fully saturated rings. The molecule has 0 amide bonds. The van der Waals surface area contributed by atoms with E-state index in [-0.39, 0.29) is 11.7 Å². The number of benzene rings is 1. The van der Waals surface area contributed by atoms with E-state index in [1.54, 1.807) is 7.11 Å². The van der Waals surface area contributed by atoms with Crippen LogP contribution in [0.25, 0.3) is 10.9 Å². The van der Waals surface area contributed by atoms with Crippen LogP contribution in [-0.4, -0.2) is 17.2 Å². The summed E-state index contributed by atoms with van der Waals surface area (Å²) in [6.45, 7) is 4.10. The molecule has 0 aliphatic heterocycles. The predicted octanol–water partition coefficient (Wildman–Crippen LogP) is 3.07. The Morgan fingerprint density at radius 3 is 2.69 bits per heavy atom. The Morgan fingerprint density at radius 1 is 1.31 bits per heavy atom. The molecule has 0 aliphatic carbocycles. The van der Waals surface area contributed by atoms with Gasteiger partial charge >= 0.3 is 0 Å². The van der Waals surface area contributed by atoms with Crippen LogP contribution in [-0.2, 0) is 0 Å². The number of pyridine rings is 1. The maximum atomic E-state index is 9.84. The van der Waals surface area contributed by atoms with Gasteiger partial charge in [0.15, 0.2) is 0 Å². The van der Waals surface area contributed by atoms with Crippen molar-refractivity contribution in [2.75, 3.05) is 7.11 Å². The van der Waals surface area contributed by atoms with E-state index in [2.05, 4.69) is 4.98 Å². The van der Waals surface area contributed by atoms with Crippen LogP contribution in [0.2, 0.25) is 0 Å². The lowest BCUT2D eigenvalue weighted by Gasteiger charge is -2.12. The molecule has 3 heteroatoms. The standard InChI is InChI=1S/C13H15NO2/c1-8(2)13-10-6-9(16-3)4-5-11(10)14-7-12(13)15/h4-8,15H,1-3H3. The van der Waals surface area contributed by atoms with Crippen LogP contribution in [0.15, 0.2) is 24.4 Å². The van der Waals surface area contributed by atoms with E-state index in [4.69, 9.17) is 4.74 Å². The molecule has 1 heterocycles. The van der Waals surface area contributed by atoms with E-state index in [9.17, 15) is 5.11 Å². The fraction of sp³-hybridized carbons (Fsp3) is 0.308. The van der Waals surface area contributed by atoms with Gasteiger partial charge in [-0.25, -0.2) is 0 Å². The number of ether oxygens (including phenoxy) is 1. The highest BCUT2D eigenvalue weighted by Crippen LogP contribution is 2.33. The summed E-state index contributed by atoms with van der Waals surface area (Å²) < 4.78 is 5.19. The summed E-state index contributed by atoms with van der Waals surface area (Å²) in [6, 6.07) is 5.69. The molecule has 0 unspecified atom stereocenters. The summed E-state index contributed by atoms with van der Waals surface area (Å²) in [4.78, 5) is 4.19. The Kier molecular flexibility index (Phi) is 2.69. The zero-order valence-electron chi connectivity index (χ0n) is 9.69. The van der Waals surface area contributed by atoms with E-state index in [1.165, 1.54) is 6.20 Å². The SMILES string of the molecule is COc1ccc2ncc(O)c(C(C)C)c2c1. The van der Waals surface area contributed by atoms with Crippen molar-refractivity contribution >= 4 is 10.9 Å². The molecule has 0 bridgehead atoms. The van der Waals surface area contributed by atoms with Crippen LogP contribution in [0.5, 0.6) is 11.5 Å². The van der Waals surface area contributed by atoms with Gasteiger partial charge in [-0.15, -0.1) is 0 Å². The Balaban J connectivity index is 2.78. The number of aromatic nitrogens is 1. The Hall–Kier alpha value is -1.77. The molecule has 84 valence electrons. The van der Waals surface area contributed by atoms with Crippen molar-refractivity contribution in [1.29, 1.82) is 0 Å². The zero-order valence-corrected chi connectivity index (χ0v) is 9.69. The van der Waals surface area contributed by atoms with Crippen molar-refractivity contribution in [3.8, 4) is 11.5 Å². The third-order valence-electron chi connectivity index (χ3n) is 2.67. The molecule has 1 N–H and O–H groups in total. The summed E-state index contributed by atoms with van der Waals surface area (Å²) >= 11 is 0. The monoisotopic (exact) mass is 217 g/mol. The van der Waals surface area contributed by atoms with E-state index in [1.807, 2.05) is 32.0 Å². The molecule has 0 radical (unpaired) electrons. The first-order valence-electron chi connectivity index (χ1n) is 5.29.